The van der Waals surface area contributed by atoms with E-state index in [0.29, 0.717) is 16.9 Å². The first-order chi connectivity index (χ1) is 10.1. The van der Waals surface area contributed by atoms with E-state index in [1.807, 2.05) is 25.1 Å². The third-order valence-electron chi connectivity index (χ3n) is 3.22. The molecule has 106 valence electrons. The molecule has 0 saturated carbocycles. The van der Waals surface area contributed by atoms with Gasteiger partial charge in [0.1, 0.15) is 11.7 Å². The van der Waals surface area contributed by atoms with E-state index in [2.05, 4.69) is 22.0 Å². The normalized spacial score (nSPS) is 11.5. The summed E-state index contributed by atoms with van der Waals surface area (Å²) in [6.07, 6.45) is 0. The highest BCUT2D eigenvalue weighted by Gasteiger charge is 2.24. The molecule has 3 nitrogen and oxygen atoms in total. The zero-order valence-corrected chi connectivity index (χ0v) is 13.3. The van der Waals surface area contributed by atoms with Crippen LogP contribution < -0.4 is 4.74 Å². The second-order valence-electron chi connectivity index (χ2n) is 4.68. The highest BCUT2D eigenvalue weighted by Crippen LogP contribution is 2.28. The van der Waals surface area contributed by atoms with Gasteiger partial charge in [0, 0.05) is 4.47 Å². The summed E-state index contributed by atoms with van der Waals surface area (Å²) in [4.78, 5) is 12.7. The number of carbonyl (C=O) groups excluding carboxylic acids is 1. The Morgan fingerprint density at radius 3 is 2.48 bits per heavy atom. The number of nitriles is 1. The smallest absolute Gasteiger partial charge is 0.188 e. The summed E-state index contributed by atoms with van der Waals surface area (Å²) >= 11 is 3.34. The summed E-state index contributed by atoms with van der Waals surface area (Å²) in [6.45, 7) is 1.90. The van der Waals surface area contributed by atoms with E-state index in [1.54, 1.807) is 24.3 Å². The predicted octanol–water partition coefficient (Wildman–Crippen LogP) is 4.26. The molecule has 2 aromatic carbocycles. The number of nitrogens with zero attached hydrogens (tertiary/aromatic N) is 1. The molecule has 0 aliphatic heterocycles. The highest BCUT2D eigenvalue weighted by molar-refractivity contribution is 9.10. The van der Waals surface area contributed by atoms with Gasteiger partial charge in [-0.15, -0.1) is 0 Å². The van der Waals surface area contributed by atoms with Gasteiger partial charge in [-0.2, -0.15) is 5.26 Å². The third-order valence-corrected chi connectivity index (χ3v) is 3.74. The zero-order chi connectivity index (χ0) is 15.4. The summed E-state index contributed by atoms with van der Waals surface area (Å²) in [5, 5.41) is 9.39. The molecule has 0 radical (unpaired) electrons. The maximum atomic E-state index is 12.7. The lowest BCUT2D eigenvalue weighted by molar-refractivity contribution is 0.0976. The van der Waals surface area contributed by atoms with Gasteiger partial charge < -0.3 is 4.74 Å². The molecule has 21 heavy (non-hydrogen) atoms. The molecule has 1 atom stereocenters. The Kier molecular flexibility index (Phi) is 4.77. The first-order valence-electron chi connectivity index (χ1n) is 6.40. The molecule has 0 aliphatic rings. The monoisotopic (exact) mass is 343 g/mol. The fourth-order valence-electron chi connectivity index (χ4n) is 2.11. The van der Waals surface area contributed by atoms with E-state index in [-0.39, 0.29) is 5.78 Å². The maximum Gasteiger partial charge on any atom is 0.188 e. The van der Waals surface area contributed by atoms with Gasteiger partial charge in [-0.25, -0.2) is 0 Å². The van der Waals surface area contributed by atoms with Crippen LogP contribution in [0, 0.1) is 18.3 Å². The van der Waals surface area contributed by atoms with E-state index in [1.165, 1.54) is 7.11 Å². The molecule has 0 spiro atoms. The van der Waals surface area contributed by atoms with Gasteiger partial charge in [-0.3, -0.25) is 4.79 Å². The topological polar surface area (TPSA) is 50.1 Å². The van der Waals surface area contributed by atoms with Crippen molar-refractivity contribution in [3.8, 4) is 11.8 Å². The first-order valence-corrected chi connectivity index (χ1v) is 7.20. The average molecular weight is 344 g/mol. The predicted molar refractivity (Wildman–Crippen MR) is 84.6 cm³/mol. The van der Waals surface area contributed by atoms with Crippen LogP contribution in [0.4, 0.5) is 0 Å². The van der Waals surface area contributed by atoms with Gasteiger partial charge in [0.25, 0.3) is 0 Å². The number of ketones is 1. The van der Waals surface area contributed by atoms with Crippen LogP contribution >= 0.6 is 15.9 Å². The van der Waals surface area contributed by atoms with Crippen LogP contribution in [-0.2, 0) is 0 Å². The van der Waals surface area contributed by atoms with E-state index < -0.39 is 5.92 Å². The Labute approximate surface area is 132 Å². The van der Waals surface area contributed by atoms with Gasteiger partial charge in [0.15, 0.2) is 5.78 Å². The van der Waals surface area contributed by atoms with Crippen molar-refractivity contribution >= 4 is 21.7 Å². The molecule has 0 heterocycles. The molecule has 0 aliphatic carbocycles. The number of benzene rings is 2. The zero-order valence-electron chi connectivity index (χ0n) is 11.8. The minimum Gasteiger partial charge on any atom is -0.496 e. The van der Waals surface area contributed by atoms with Crippen molar-refractivity contribution in [1.29, 1.82) is 5.26 Å². The Balaban J connectivity index is 2.44. The summed E-state index contributed by atoms with van der Waals surface area (Å²) in [7, 11) is 1.52. The lowest BCUT2D eigenvalue weighted by atomic mass is 9.91. The molecule has 2 rings (SSSR count). The molecule has 1 unspecified atom stereocenters. The van der Waals surface area contributed by atoms with Gasteiger partial charge >= 0.3 is 0 Å². The number of carbonyl (C=O) groups is 1. The van der Waals surface area contributed by atoms with Crippen molar-refractivity contribution in [2.45, 2.75) is 12.8 Å². The number of hydrogen-bond acceptors (Lipinski definition) is 3. The van der Waals surface area contributed by atoms with Crippen molar-refractivity contribution in [3.63, 3.8) is 0 Å². The molecule has 0 bridgehead atoms. The minimum absolute atomic E-state index is 0.250. The Morgan fingerprint density at radius 1 is 1.24 bits per heavy atom. The molecule has 2 aromatic rings. The lowest BCUT2D eigenvalue weighted by Gasteiger charge is -2.12. The van der Waals surface area contributed by atoms with Crippen LogP contribution in [0.2, 0.25) is 0 Å². The second-order valence-corrected chi connectivity index (χ2v) is 5.60. The SMILES string of the molecule is COc1ccc(C)cc1C(=O)C(C#N)c1ccc(Br)cc1. The van der Waals surface area contributed by atoms with Crippen molar-refractivity contribution < 1.29 is 9.53 Å². The molecular formula is C17H14BrNO2. The number of methoxy groups -OCH3 is 1. The molecule has 0 fully saturated rings. The summed E-state index contributed by atoms with van der Waals surface area (Å²) in [5.74, 6) is -0.600. The first kappa shape index (κ1) is 15.3. The number of hydrogen-bond donors (Lipinski definition) is 0. The van der Waals surface area contributed by atoms with Crippen LogP contribution in [-0.4, -0.2) is 12.9 Å². The Morgan fingerprint density at radius 2 is 1.90 bits per heavy atom. The number of rotatable bonds is 4. The van der Waals surface area contributed by atoms with Crippen LogP contribution in [0.5, 0.6) is 5.75 Å². The number of aryl methyl sites for hydroxylation is 1. The van der Waals surface area contributed by atoms with E-state index in [4.69, 9.17) is 4.74 Å². The summed E-state index contributed by atoms with van der Waals surface area (Å²) < 4.78 is 6.14. The van der Waals surface area contributed by atoms with E-state index in [9.17, 15) is 10.1 Å². The number of ether oxygens (including phenoxy) is 1. The lowest BCUT2D eigenvalue weighted by Crippen LogP contribution is -2.12. The van der Waals surface area contributed by atoms with Crippen LogP contribution in [0.3, 0.4) is 0 Å². The van der Waals surface area contributed by atoms with Crippen molar-refractivity contribution in [2.75, 3.05) is 7.11 Å². The third kappa shape index (κ3) is 3.32. The number of Topliss-reactive ketones (excluding diaryl/α,β-unsaturated/α-hetero) is 1. The minimum atomic E-state index is -0.839. The molecule has 0 saturated heterocycles. The van der Waals surface area contributed by atoms with Gasteiger partial charge in [0.05, 0.1) is 18.7 Å². The second kappa shape index (κ2) is 6.55. The average Bonchev–Trinajstić information content (AvgIpc) is 2.49. The Hall–Kier alpha value is -2.12. The quantitative estimate of drug-likeness (QED) is 0.779. The van der Waals surface area contributed by atoms with Crippen LogP contribution in [0.15, 0.2) is 46.9 Å². The molecule has 0 aromatic heterocycles. The summed E-state index contributed by atoms with van der Waals surface area (Å²) in [5.41, 5.74) is 2.06. The number of halogens is 1. The standard InChI is InChI=1S/C17H14BrNO2/c1-11-3-8-16(21-2)14(9-11)17(20)15(10-19)12-4-6-13(18)7-5-12/h3-9,15H,1-2H3. The molecule has 4 heteroatoms. The van der Waals surface area contributed by atoms with Gasteiger partial charge in [-0.1, -0.05) is 39.7 Å². The van der Waals surface area contributed by atoms with E-state index >= 15 is 0 Å². The van der Waals surface area contributed by atoms with Gasteiger partial charge in [0.2, 0.25) is 0 Å². The maximum absolute atomic E-state index is 12.7. The van der Waals surface area contributed by atoms with Crippen molar-refractivity contribution in [3.05, 3.63) is 63.6 Å². The Bertz CT molecular complexity index is 702. The molecule has 0 N–H and O–H groups in total. The fourth-order valence-corrected chi connectivity index (χ4v) is 2.37. The van der Waals surface area contributed by atoms with Crippen molar-refractivity contribution in [1.82, 2.24) is 0 Å². The fraction of sp³-hybridized carbons (Fsp3) is 0.176. The van der Waals surface area contributed by atoms with Crippen LogP contribution in [0.25, 0.3) is 0 Å². The van der Waals surface area contributed by atoms with Gasteiger partial charge in [-0.05, 0) is 36.8 Å². The summed E-state index contributed by atoms with van der Waals surface area (Å²) in [6, 6.07) is 14.7. The molecule has 0 amide bonds. The molecular weight excluding hydrogens is 330 g/mol. The van der Waals surface area contributed by atoms with Crippen molar-refractivity contribution in [2.24, 2.45) is 0 Å². The van der Waals surface area contributed by atoms with Crippen LogP contribution in [0.1, 0.15) is 27.4 Å². The van der Waals surface area contributed by atoms with E-state index in [0.717, 1.165) is 10.0 Å². The highest BCUT2D eigenvalue weighted by atomic mass is 79.9. The largest absolute Gasteiger partial charge is 0.496 e.